The Morgan fingerprint density at radius 1 is 1.17 bits per heavy atom. The van der Waals surface area contributed by atoms with Gasteiger partial charge in [-0.2, -0.15) is 0 Å². The molecule has 0 spiro atoms. The van der Waals surface area contributed by atoms with Crippen LogP contribution in [0.1, 0.15) is 11.3 Å². The normalized spacial score (nSPS) is 20.3. The fourth-order valence-electron chi connectivity index (χ4n) is 2.47. The lowest BCUT2D eigenvalue weighted by Gasteiger charge is -2.27. The zero-order valence-corrected chi connectivity index (χ0v) is 10.4. The Bertz CT molecular complexity index is 479. The number of morpholine rings is 1. The van der Waals surface area contributed by atoms with Crippen LogP contribution in [0.3, 0.4) is 0 Å². The van der Waals surface area contributed by atoms with Gasteiger partial charge in [0.15, 0.2) is 0 Å². The molecule has 2 N–H and O–H groups in total. The third-order valence-corrected chi connectivity index (χ3v) is 3.49. The quantitative estimate of drug-likeness (QED) is 0.689. The number of fused-ring (bicyclic) bond motifs is 1. The zero-order valence-electron chi connectivity index (χ0n) is 10.4. The molecule has 1 fully saturated rings. The van der Waals surface area contributed by atoms with E-state index < -0.39 is 0 Å². The highest BCUT2D eigenvalue weighted by atomic mass is 16.5. The van der Waals surface area contributed by atoms with E-state index in [4.69, 9.17) is 4.74 Å². The minimum Gasteiger partial charge on any atom is -0.378 e. The van der Waals surface area contributed by atoms with Gasteiger partial charge in [0, 0.05) is 31.6 Å². The molecule has 2 aliphatic heterocycles. The van der Waals surface area contributed by atoms with Crippen molar-refractivity contribution in [1.29, 1.82) is 0 Å². The number of anilines is 1. The number of rotatable bonds is 1. The molecule has 0 aliphatic carbocycles. The summed E-state index contributed by atoms with van der Waals surface area (Å²) in [6, 6.07) is 0. The minimum absolute atomic E-state index is 0.0187. The molecule has 0 aromatic carbocycles. The first kappa shape index (κ1) is 11.7. The van der Waals surface area contributed by atoms with Crippen LogP contribution in [0, 0.1) is 0 Å². The predicted octanol–water partition coefficient (Wildman–Crippen LogP) is -0.705. The van der Waals surface area contributed by atoms with Crippen molar-refractivity contribution in [3.05, 3.63) is 21.6 Å². The molecule has 0 atom stereocenters. The maximum Gasteiger partial charge on any atom is 0.255 e. The van der Waals surface area contributed by atoms with Gasteiger partial charge in [-0.25, -0.2) is 4.98 Å². The van der Waals surface area contributed by atoms with Gasteiger partial charge >= 0.3 is 0 Å². The van der Waals surface area contributed by atoms with Crippen molar-refractivity contribution in [3.8, 4) is 0 Å². The van der Waals surface area contributed by atoms with Crippen LogP contribution in [-0.4, -0.2) is 49.4 Å². The van der Waals surface area contributed by atoms with E-state index in [2.05, 4.69) is 20.2 Å². The van der Waals surface area contributed by atoms with E-state index in [0.29, 0.717) is 19.2 Å². The Balaban J connectivity index is 1.94. The average Bonchev–Trinajstić information content (AvgIpc) is 2.65. The third kappa shape index (κ3) is 2.26. The van der Waals surface area contributed by atoms with Crippen LogP contribution >= 0.6 is 0 Å². The maximum atomic E-state index is 12.1. The fourth-order valence-corrected chi connectivity index (χ4v) is 2.47. The number of aromatic amines is 1. The average molecular weight is 250 g/mol. The van der Waals surface area contributed by atoms with Crippen molar-refractivity contribution in [3.63, 3.8) is 0 Å². The van der Waals surface area contributed by atoms with E-state index >= 15 is 0 Å². The summed E-state index contributed by atoms with van der Waals surface area (Å²) in [4.78, 5) is 21.7. The molecule has 3 heterocycles. The Morgan fingerprint density at radius 3 is 2.78 bits per heavy atom. The topological polar surface area (TPSA) is 70.2 Å². The van der Waals surface area contributed by atoms with Gasteiger partial charge in [0.05, 0.1) is 18.9 Å². The summed E-state index contributed by atoms with van der Waals surface area (Å²) in [5.41, 5.74) is 1.81. The minimum atomic E-state index is 0.0187. The monoisotopic (exact) mass is 250 g/mol. The molecule has 1 aromatic rings. The molecule has 0 amide bonds. The molecule has 1 aromatic heterocycles. The SMILES string of the molecule is O=c1[nH]c(N2CCOCC2)nc2c1CCNCC2. The van der Waals surface area contributed by atoms with E-state index in [0.717, 1.165) is 50.3 Å². The van der Waals surface area contributed by atoms with Crippen LogP contribution in [0.5, 0.6) is 0 Å². The third-order valence-electron chi connectivity index (χ3n) is 3.49. The van der Waals surface area contributed by atoms with E-state index in [9.17, 15) is 4.79 Å². The summed E-state index contributed by atoms with van der Waals surface area (Å²) in [5, 5.41) is 3.29. The summed E-state index contributed by atoms with van der Waals surface area (Å²) >= 11 is 0. The van der Waals surface area contributed by atoms with Gasteiger partial charge in [-0.1, -0.05) is 0 Å². The number of ether oxygens (including phenoxy) is 1. The van der Waals surface area contributed by atoms with Crippen molar-refractivity contribution in [2.75, 3.05) is 44.3 Å². The van der Waals surface area contributed by atoms with E-state index in [1.807, 2.05) is 0 Å². The molecule has 0 radical (unpaired) electrons. The zero-order chi connectivity index (χ0) is 12.4. The molecule has 0 bridgehead atoms. The van der Waals surface area contributed by atoms with Crippen LogP contribution < -0.4 is 15.8 Å². The second-order valence-electron chi connectivity index (χ2n) is 4.66. The summed E-state index contributed by atoms with van der Waals surface area (Å²) < 4.78 is 5.31. The number of nitrogens with zero attached hydrogens (tertiary/aromatic N) is 2. The van der Waals surface area contributed by atoms with Crippen molar-refractivity contribution in [2.45, 2.75) is 12.8 Å². The first-order valence-corrected chi connectivity index (χ1v) is 6.50. The highest BCUT2D eigenvalue weighted by Gasteiger charge is 2.18. The highest BCUT2D eigenvalue weighted by Crippen LogP contribution is 2.12. The van der Waals surface area contributed by atoms with Crippen molar-refractivity contribution < 1.29 is 4.74 Å². The first-order chi connectivity index (χ1) is 8.84. The number of hydrogen-bond donors (Lipinski definition) is 2. The summed E-state index contributed by atoms with van der Waals surface area (Å²) in [6.45, 7) is 4.73. The Labute approximate surface area is 105 Å². The molecule has 3 rings (SSSR count). The van der Waals surface area contributed by atoms with Crippen LogP contribution in [-0.2, 0) is 17.6 Å². The van der Waals surface area contributed by atoms with Gasteiger partial charge in [-0.05, 0) is 13.0 Å². The number of nitrogens with one attached hydrogen (secondary N) is 2. The lowest BCUT2D eigenvalue weighted by atomic mass is 10.1. The standard InChI is InChI=1S/C12H18N4O2/c17-11-9-1-3-13-4-2-10(9)14-12(15-11)16-5-7-18-8-6-16/h13H,1-8H2,(H,14,15,17). The van der Waals surface area contributed by atoms with Gasteiger partial charge in [0.1, 0.15) is 0 Å². The van der Waals surface area contributed by atoms with E-state index in [-0.39, 0.29) is 5.56 Å². The fraction of sp³-hybridized carbons (Fsp3) is 0.667. The molecule has 98 valence electrons. The molecule has 0 saturated carbocycles. The predicted molar refractivity (Wildman–Crippen MR) is 68.2 cm³/mol. The summed E-state index contributed by atoms with van der Waals surface area (Å²) in [7, 11) is 0. The Morgan fingerprint density at radius 2 is 1.94 bits per heavy atom. The van der Waals surface area contributed by atoms with Gasteiger partial charge in [-0.15, -0.1) is 0 Å². The van der Waals surface area contributed by atoms with Crippen molar-refractivity contribution in [1.82, 2.24) is 15.3 Å². The Hall–Kier alpha value is -1.40. The number of H-pyrrole nitrogens is 1. The molecule has 1 saturated heterocycles. The van der Waals surface area contributed by atoms with Crippen LogP contribution in [0.25, 0.3) is 0 Å². The molecule has 0 unspecified atom stereocenters. The number of aromatic nitrogens is 2. The molecule has 2 aliphatic rings. The highest BCUT2D eigenvalue weighted by molar-refractivity contribution is 5.34. The second-order valence-corrected chi connectivity index (χ2v) is 4.66. The van der Waals surface area contributed by atoms with Crippen LogP contribution in [0.2, 0.25) is 0 Å². The Kier molecular flexibility index (Phi) is 3.29. The van der Waals surface area contributed by atoms with Crippen molar-refractivity contribution in [2.24, 2.45) is 0 Å². The molecular formula is C12H18N4O2. The smallest absolute Gasteiger partial charge is 0.255 e. The largest absolute Gasteiger partial charge is 0.378 e. The van der Waals surface area contributed by atoms with Crippen molar-refractivity contribution >= 4 is 5.95 Å². The van der Waals surface area contributed by atoms with Crippen LogP contribution in [0.4, 0.5) is 5.95 Å². The summed E-state index contributed by atoms with van der Waals surface area (Å²) in [6.07, 6.45) is 1.59. The lowest BCUT2D eigenvalue weighted by molar-refractivity contribution is 0.122. The first-order valence-electron chi connectivity index (χ1n) is 6.50. The van der Waals surface area contributed by atoms with Crippen LogP contribution in [0.15, 0.2) is 4.79 Å². The van der Waals surface area contributed by atoms with Gasteiger partial charge < -0.3 is 15.0 Å². The van der Waals surface area contributed by atoms with E-state index in [1.54, 1.807) is 0 Å². The lowest BCUT2D eigenvalue weighted by Crippen LogP contribution is -2.38. The molecule has 6 nitrogen and oxygen atoms in total. The number of hydrogen-bond acceptors (Lipinski definition) is 5. The maximum absolute atomic E-state index is 12.1. The second kappa shape index (κ2) is 5.07. The van der Waals surface area contributed by atoms with Gasteiger partial charge in [0.2, 0.25) is 5.95 Å². The summed E-state index contributed by atoms with van der Waals surface area (Å²) in [5.74, 6) is 0.698. The molecule has 18 heavy (non-hydrogen) atoms. The van der Waals surface area contributed by atoms with Gasteiger partial charge in [0.25, 0.3) is 5.56 Å². The molecular weight excluding hydrogens is 232 g/mol. The van der Waals surface area contributed by atoms with E-state index in [1.165, 1.54) is 0 Å². The van der Waals surface area contributed by atoms with Gasteiger partial charge in [-0.3, -0.25) is 9.78 Å². The molecule has 6 heteroatoms.